The Morgan fingerprint density at radius 1 is 0.600 bits per heavy atom. The van der Waals surface area contributed by atoms with Crippen LogP contribution in [-0.2, 0) is 33.0 Å². The van der Waals surface area contributed by atoms with Crippen LogP contribution in [0, 0.1) is 0 Å². The number of halogens is 2. The Balaban J connectivity index is 0.00000676. The Kier molecular flexibility index (Phi) is 12.8. The van der Waals surface area contributed by atoms with Gasteiger partial charge >= 0.3 is 6.03 Å². The summed E-state index contributed by atoms with van der Waals surface area (Å²) in [6.45, 7) is 4.15. The molecule has 50 heavy (non-hydrogen) atoms. The average molecular weight is 775 g/mol. The summed E-state index contributed by atoms with van der Waals surface area (Å²) in [4.78, 5) is 74.5. The highest BCUT2D eigenvalue weighted by atomic mass is 79.9. The first kappa shape index (κ1) is 38.7. The lowest BCUT2D eigenvalue weighted by molar-refractivity contribution is -0.112. The molecule has 4 aromatic heterocycles. The SMILES string of the molecule is C=C(Br)C(=O)Nc1cc(C(=O)Nc2cc(C(=O)Nc3cc(C(=O)Nc4cc(C(=O)NCCCNC(N)=O)n(C)c4)n(C)c3)n(C)c2)n(C)c1.Cl. The molecule has 0 saturated carbocycles. The number of aryl methyl sites for hydroxylation is 4. The van der Waals surface area contributed by atoms with E-state index in [1.165, 1.54) is 24.3 Å². The molecule has 0 aliphatic rings. The number of hydrogen-bond acceptors (Lipinski definition) is 6. The molecule has 0 aliphatic heterocycles. The highest BCUT2D eigenvalue weighted by Crippen LogP contribution is 2.21. The topological polar surface area (TPSA) is 220 Å². The molecule has 0 unspecified atom stereocenters. The number of rotatable bonds is 13. The van der Waals surface area contributed by atoms with Gasteiger partial charge in [-0.15, -0.1) is 12.4 Å². The van der Waals surface area contributed by atoms with Gasteiger partial charge in [-0.05, 0) is 46.6 Å². The third kappa shape index (κ3) is 9.66. The summed E-state index contributed by atoms with van der Waals surface area (Å²) < 4.78 is 6.35. The van der Waals surface area contributed by atoms with Gasteiger partial charge in [-0.1, -0.05) is 6.58 Å². The van der Waals surface area contributed by atoms with E-state index in [0.717, 1.165) is 0 Å². The van der Waals surface area contributed by atoms with E-state index in [1.807, 2.05) is 0 Å². The van der Waals surface area contributed by atoms with Gasteiger partial charge < -0.3 is 55.9 Å². The highest BCUT2D eigenvalue weighted by Gasteiger charge is 2.20. The van der Waals surface area contributed by atoms with Gasteiger partial charge in [0.05, 0.1) is 27.2 Å². The van der Waals surface area contributed by atoms with Gasteiger partial charge in [-0.25, -0.2) is 4.79 Å². The van der Waals surface area contributed by atoms with Crippen LogP contribution < -0.4 is 37.6 Å². The van der Waals surface area contributed by atoms with Crippen LogP contribution in [0.15, 0.2) is 60.1 Å². The van der Waals surface area contributed by atoms with Crippen molar-refractivity contribution in [3.8, 4) is 0 Å². The standard InChI is InChI=1S/C31H36BrN11O6.ClH/c1-17(32)26(44)36-18-10-23(41(3)13-18)28(46)38-20-12-25(43(5)15-20)30(48)39-21-11-24(42(4)16-21)29(47)37-19-9-22(40(2)14-19)27(45)34-7-6-8-35-31(33)49;/h9-16H,1,6-8H2,2-5H3,(H,34,45)(H,36,44)(H,37,47)(H,38,46)(H,39,48)(H3,33,35,49);1H. The summed E-state index contributed by atoms with van der Waals surface area (Å²) in [6.07, 6.45) is 6.81. The molecule has 4 heterocycles. The van der Waals surface area contributed by atoms with E-state index < -0.39 is 29.7 Å². The quantitative estimate of drug-likeness (QED) is 0.0800. The van der Waals surface area contributed by atoms with Crippen molar-refractivity contribution < 1.29 is 28.8 Å². The number of hydrogen-bond donors (Lipinski definition) is 7. The molecule has 266 valence electrons. The second kappa shape index (κ2) is 16.6. The number of carbonyl (C=O) groups excluding carboxylic acids is 6. The number of nitrogens with two attached hydrogens (primary N) is 1. The summed E-state index contributed by atoms with van der Waals surface area (Å²) in [6, 6.07) is 5.41. The summed E-state index contributed by atoms with van der Waals surface area (Å²) in [5.74, 6) is -2.21. The minimum Gasteiger partial charge on any atom is -0.352 e. The molecule has 0 saturated heterocycles. The van der Waals surface area contributed by atoms with Gasteiger partial charge in [0.25, 0.3) is 29.5 Å². The van der Waals surface area contributed by atoms with Crippen molar-refractivity contribution in [2.24, 2.45) is 33.9 Å². The van der Waals surface area contributed by atoms with Crippen molar-refractivity contribution in [2.45, 2.75) is 6.42 Å². The van der Waals surface area contributed by atoms with Gasteiger partial charge in [-0.3, -0.25) is 24.0 Å². The van der Waals surface area contributed by atoms with Crippen LogP contribution in [0.1, 0.15) is 48.4 Å². The predicted octanol–water partition coefficient (Wildman–Crippen LogP) is 2.85. The predicted molar refractivity (Wildman–Crippen MR) is 194 cm³/mol. The summed E-state index contributed by atoms with van der Waals surface area (Å²) in [5, 5.41) is 16.1. The zero-order chi connectivity index (χ0) is 36.0. The van der Waals surface area contributed by atoms with Crippen molar-refractivity contribution in [3.63, 3.8) is 0 Å². The van der Waals surface area contributed by atoms with E-state index in [2.05, 4.69) is 54.4 Å². The van der Waals surface area contributed by atoms with Crippen LogP contribution >= 0.6 is 28.3 Å². The molecular weight excluding hydrogens is 738 g/mol. The molecule has 7 amide bonds. The molecule has 0 atom stereocenters. The molecule has 8 N–H and O–H groups in total. The molecule has 0 spiro atoms. The molecule has 0 fully saturated rings. The Morgan fingerprint density at radius 3 is 1.26 bits per heavy atom. The van der Waals surface area contributed by atoms with Crippen molar-refractivity contribution >= 4 is 86.7 Å². The first-order chi connectivity index (χ1) is 23.1. The molecule has 0 radical (unpaired) electrons. The Bertz CT molecular complexity index is 1970. The minimum atomic E-state index is -0.637. The smallest absolute Gasteiger partial charge is 0.312 e. The first-order valence-electron chi connectivity index (χ1n) is 14.7. The van der Waals surface area contributed by atoms with Gasteiger partial charge in [0.1, 0.15) is 22.8 Å². The number of nitrogens with zero attached hydrogens (tertiary/aromatic N) is 4. The van der Waals surface area contributed by atoms with Crippen molar-refractivity contribution in [3.05, 3.63) is 82.9 Å². The first-order valence-corrected chi connectivity index (χ1v) is 15.5. The van der Waals surface area contributed by atoms with E-state index in [-0.39, 0.29) is 39.9 Å². The zero-order valence-corrected chi connectivity index (χ0v) is 30.0. The van der Waals surface area contributed by atoms with Crippen LogP contribution in [0.5, 0.6) is 0 Å². The van der Waals surface area contributed by atoms with Gasteiger partial charge in [0.15, 0.2) is 0 Å². The molecule has 4 rings (SSSR count). The van der Waals surface area contributed by atoms with E-state index in [4.69, 9.17) is 5.73 Å². The lowest BCUT2D eigenvalue weighted by Crippen LogP contribution is -2.33. The van der Waals surface area contributed by atoms with E-state index in [9.17, 15) is 28.8 Å². The van der Waals surface area contributed by atoms with Crippen molar-refractivity contribution in [1.29, 1.82) is 0 Å². The van der Waals surface area contributed by atoms with Crippen LogP contribution in [0.4, 0.5) is 27.5 Å². The van der Waals surface area contributed by atoms with E-state index in [1.54, 1.807) is 71.2 Å². The summed E-state index contributed by atoms with van der Waals surface area (Å²) in [5.41, 5.74) is 7.59. The van der Waals surface area contributed by atoms with Crippen LogP contribution in [0.25, 0.3) is 0 Å². The third-order valence-electron chi connectivity index (χ3n) is 7.17. The maximum absolute atomic E-state index is 13.2. The Labute approximate surface area is 301 Å². The lowest BCUT2D eigenvalue weighted by Gasteiger charge is -2.06. The van der Waals surface area contributed by atoms with Gasteiger partial charge in [0, 0.05) is 66.1 Å². The van der Waals surface area contributed by atoms with Gasteiger partial charge in [-0.2, -0.15) is 0 Å². The van der Waals surface area contributed by atoms with Crippen LogP contribution in [0.3, 0.4) is 0 Å². The number of primary amides is 1. The van der Waals surface area contributed by atoms with E-state index in [0.29, 0.717) is 48.0 Å². The molecule has 17 nitrogen and oxygen atoms in total. The fraction of sp³-hybridized carbons (Fsp3) is 0.226. The summed E-state index contributed by atoms with van der Waals surface area (Å²) >= 11 is 3.01. The zero-order valence-electron chi connectivity index (χ0n) is 27.5. The monoisotopic (exact) mass is 773 g/mol. The number of anilines is 4. The molecular formula is C31H37BrClN11O6. The van der Waals surface area contributed by atoms with Gasteiger partial charge in [0.2, 0.25) is 0 Å². The average Bonchev–Trinajstić information content (AvgIpc) is 3.77. The maximum atomic E-state index is 13.2. The number of nitrogens with one attached hydrogen (secondary N) is 6. The number of aromatic nitrogens is 4. The number of carbonyl (C=O) groups is 6. The molecule has 0 aliphatic carbocycles. The minimum absolute atomic E-state index is 0. The normalized spacial score (nSPS) is 10.4. The Hall–Kier alpha value is -5.75. The second-order valence-corrected chi connectivity index (χ2v) is 12.0. The molecule has 19 heteroatoms. The van der Waals surface area contributed by atoms with E-state index >= 15 is 0 Å². The highest BCUT2D eigenvalue weighted by molar-refractivity contribution is 9.12. The molecule has 0 bridgehead atoms. The largest absolute Gasteiger partial charge is 0.352 e. The maximum Gasteiger partial charge on any atom is 0.312 e. The molecule has 0 aromatic carbocycles. The van der Waals surface area contributed by atoms with Crippen LogP contribution in [0.2, 0.25) is 0 Å². The fourth-order valence-electron chi connectivity index (χ4n) is 4.81. The number of urea groups is 1. The van der Waals surface area contributed by atoms with Crippen molar-refractivity contribution in [1.82, 2.24) is 28.9 Å². The fourth-order valence-corrected chi connectivity index (χ4v) is 4.91. The lowest BCUT2D eigenvalue weighted by atomic mass is 10.3. The van der Waals surface area contributed by atoms with Crippen molar-refractivity contribution in [2.75, 3.05) is 34.4 Å². The number of amides is 7. The Morgan fingerprint density at radius 2 is 0.920 bits per heavy atom. The van der Waals surface area contributed by atoms with Crippen LogP contribution in [-0.4, -0.2) is 66.9 Å². The summed E-state index contributed by atoms with van der Waals surface area (Å²) in [7, 11) is 6.61. The molecule has 4 aromatic rings. The second-order valence-electron chi connectivity index (χ2n) is 11.0. The third-order valence-corrected chi connectivity index (χ3v) is 7.53.